The maximum absolute atomic E-state index is 14.7. The van der Waals surface area contributed by atoms with Gasteiger partial charge in [0.1, 0.15) is 11.5 Å². The highest BCUT2D eigenvalue weighted by Crippen LogP contribution is 2.58. The molecule has 0 unspecified atom stereocenters. The molecule has 1 saturated heterocycles. The molecular formula is C33H22Cl2N2O3. The van der Waals surface area contributed by atoms with Crippen LogP contribution < -0.4 is 10.2 Å². The quantitative estimate of drug-likeness (QED) is 0.275. The normalized spacial score (nSPS) is 23.9. The van der Waals surface area contributed by atoms with E-state index >= 15 is 0 Å². The first kappa shape index (κ1) is 24.8. The van der Waals surface area contributed by atoms with E-state index in [1.807, 2.05) is 65.6 Å². The molecule has 3 aliphatic rings. The van der Waals surface area contributed by atoms with Gasteiger partial charge in [0.05, 0.1) is 17.0 Å². The standard InChI is InChI=1S/C33H22Cl2N2O3/c34-21-16-13-20(14-17-21)30(38)28-29(31(39)22-8-2-4-10-24(22)35)37-26-12-6-1-7-19(26)15-18-27(37)33(28)23-9-3-5-11-25(23)36-32(33)40/h1-18,27-29H,(H,36,40)/t27-,28+,29+,33-/m1/s1. The van der Waals surface area contributed by atoms with Gasteiger partial charge < -0.3 is 10.2 Å². The molecular weight excluding hydrogens is 543 g/mol. The van der Waals surface area contributed by atoms with Crippen molar-refractivity contribution in [1.29, 1.82) is 0 Å². The van der Waals surface area contributed by atoms with Crippen LogP contribution >= 0.6 is 23.2 Å². The van der Waals surface area contributed by atoms with Gasteiger partial charge in [-0.25, -0.2) is 0 Å². The Bertz CT molecular complexity index is 1750. The number of hydrogen-bond acceptors (Lipinski definition) is 4. The summed E-state index contributed by atoms with van der Waals surface area (Å²) in [6, 6.07) is 26.9. The van der Waals surface area contributed by atoms with Crippen LogP contribution in [0.3, 0.4) is 0 Å². The van der Waals surface area contributed by atoms with Gasteiger partial charge in [-0.2, -0.15) is 0 Å². The van der Waals surface area contributed by atoms with Gasteiger partial charge in [0, 0.05) is 27.5 Å². The zero-order valence-corrected chi connectivity index (χ0v) is 22.6. The van der Waals surface area contributed by atoms with Gasteiger partial charge in [0.2, 0.25) is 5.91 Å². The third kappa shape index (κ3) is 3.38. The molecule has 196 valence electrons. The van der Waals surface area contributed by atoms with Crippen LogP contribution in [0, 0.1) is 5.92 Å². The summed E-state index contributed by atoms with van der Waals surface area (Å²) in [5, 5.41) is 3.81. The van der Waals surface area contributed by atoms with Crippen molar-refractivity contribution in [3.63, 3.8) is 0 Å². The molecule has 0 saturated carbocycles. The van der Waals surface area contributed by atoms with Gasteiger partial charge in [-0.1, -0.05) is 83.9 Å². The number of benzene rings is 4. The molecule has 1 spiro atoms. The van der Waals surface area contributed by atoms with Crippen molar-refractivity contribution in [3.05, 3.63) is 135 Å². The second-order valence-corrected chi connectivity index (χ2v) is 11.1. The minimum absolute atomic E-state index is 0.291. The largest absolute Gasteiger partial charge is 0.352 e. The van der Waals surface area contributed by atoms with Gasteiger partial charge in [-0.15, -0.1) is 0 Å². The number of para-hydroxylation sites is 2. The van der Waals surface area contributed by atoms with Gasteiger partial charge >= 0.3 is 0 Å². The molecule has 1 N–H and O–H groups in total. The first-order valence-corrected chi connectivity index (χ1v) is 13.7. The number of anilines is 2. The van der Waals surface area contributed by atoms with Gasteiger partial charge in [-0.05, 0) is 59.7 Å². The molecule has 0 radical (unpaired) electrons. The summed E-state index contributed by atoms with van der Waals surface area (Å²) >= 11 is 12.7. The SMILES string of the molecule is O=C(c1ccccc1Cl)[C@@H]1[C@@H](C(=O)c2ccc(Cl)cc2)[C@]2(C(=O)Nc3ccccc32)[C@H]2C=Cc3ccccc3N12. The number of fused-ring (bicyclic) bond motifs is 6. The molecule has 40 heavy (non-hydrogen) atoms. The van der Waals surface area contributed by atoms with Crippen LogP contribution in [-0.2, 0) is 10.2 Å². The van der Waals surface area contributed by atoms with Gasteiger partial charge in [0.25, 0.3) is 0 Å². The summed E-state index contributed by atoms with van der Waals surface area (Å²) in [5.41, 5.74) is 2.32. The predicted octanol–water partition coefficient (Wildman–Crippen LogP) is 6.85. The zero-order valence-electron chi connectivity index (χ0n) is 21.1. The molecule has 7 rings (SSSR count). The second kappa shape index (κ2) is 9.19. The maximum Gasteiger partial charge on any atom is 0.238 e. The highest BCUT2D eigenvalue weighted by molar-refractivity contribution is 6.34. The monoisotopic (exact) mass is 564 g/mol. The Labute approximate surface area is 241 Å². The first-order chi connectivity index (χ1) is 19.4. The van der Waals surface area contributed by atoms with Crippen LogP contribution in [0.5, 0.6) is 0 Å². The van der Waals surface area contributed by atoms with Gasteiger partial charge in [-0.3, -0.25) is 14.4 Å². The third-order valence-corrected chi connectivity index (χ3v) is 8.94. The fraction of sp³-hybridized carbons (Fsp3) is 0.121. The lowest BCUT2D eigenvalue weighted by atomic mass is 9.64. The van der Waals surface area contributed by atoms with Crippen LogP contribution in [0.25, 0.3) is 6.08 Å². The first-order valence-electron chi connectivity index (χ1n) is 13.0. The number of nitrogens with one attached hydrogen (secondary N) is 1. The fourth-order valence-electron chi connectivity index (χ4n) is 6.73. The lowest BCUT2D eigenvalue weighted by Gasteiger charge is -2.37. The smallest absolute Gasteiger partial charge is 0.238 e. The number of hydrogen-bond donors (Lipinski definition) is 1. The number of amides is 1. The highest BCUT2D eigenvalue weighted by atomic mass is 35.5. The Hall–Kier alpha value is -4.19. The van der Waals surface area contributed by atoms with Crippen LogP contribution in [0.1, 0.15) is 31.8 Å². The van der Waals surface area contributed by atoms with E-state index in [-0.39, 0.29) is 17.5 Å². The molecule has 3 heterocycles. The van der Waals surface area contributed by atoms with Crippen molar-refractivity contribution in [1.82, 2.24) is 0 Å². The molecule has 1 fully saturated rings. The van der Waals surface area contributed by atoms with E-state index in [0.29, 0.717) is 32.4 Å². The average Bonchev–Trinajstić information content (AvgIpc) is 3.45. The van der Waals surface area contributed by atoms with E-state index < -0.39 is 23.4 Å². The summed E-state index contributed by atoms with van der Waals surface area (Å²) in [6.07, 6.45) is 3.92. The molecule has 0 aliphatic carbocycles. The van der Waals surface area contributed by atoms with E-state index in [0.717, 1.165) is 11.3 Å². The number of carbonyl (C=O) groups is 3. The van der Waals surface area contributed by atoms with Crippen molar-refractivity contribution in [2.24, 2.45) is 5.92 Å². The van der Waals surface area contributed by atoms with Crippen molar-refractivity contribution in [2.45, 2.75) is 17.5 Å². The third-order valence-electron chi connectivity index (χ3n) is 8.36. The molecule has 0 aromatic heterocycles. The Morgan fingerprint density at radius 2 is 1.50 bits per heavy atom. The van der Waals surface area contributed by atoms with E-state index in [1.165, 1.54) is 0 Å². The Kier molecular flexibility index (Phi) is 5.70. The summed E-state index contributed by atoms with van der Waals surface area (Å²) in [7, 11) is 0. The molecule has 0 bridgehead atoms. The van der Waals surface area contributed by atoms with E-state index in [4.69, 9.17) is 23.2 Å². The van der Waals surface area contributed by atoms with E-state index in [9.17, 15) is 14.4 Å². The Morgan fingerprint density at radius 1 is 0.800 bits per heavy atom. The van der Waals surface area contributed by atoms with Crippen LogP contribution in [0.15, 0.2) is 103 Å². The van der Waals surface area contributed by atoms with E-state index in [1.54, 1.807) is 48.5 Å². The van der Waals surface area contributed by atoms with E-state index in [2.05, 4.69) is 5.32 Å². The van der Waals surface area contributed by atoms with Crippen LogP contribution in [-0.4, -0.2) is 29.6 Å². The average molecular weight is 565 g/mol. The predicted molar refractivity (Wildman–Crippen MR) is 157 cm³/mol. The molecule has 1 amide bonds. The zero-order chi connectivity index (χ0) is 27.6. The van der Waals surface area contributed by atoms with Crippen molar-refractivity contribution >= 4 is 58.1 Å². The molecule has 5 nitrogen and oxygen atoms in total. The fourth-order valence-corrected chi connectivity index (χ4v) is 7.09. The minimum Gasteiger partial charge on any atom is -0.352 e. The molecule has 4 atom stereocenters. The topological polar surface area (TPSA) is 66.5 Å². The molecule has 3 aliphatic heterocycles. The van der Waals surface area contributed by atoms with Crippen molar-refractivity contribution in [3.8, 4) is 0 Å². The van der Waals surface area contributed by atoms with Gasteiger partial charge in [0.15, 0.2) is 11.6 Å². The van der Waals surface area contributed by atoms with Crippen LogP contribution in [0.4, 0.5) is 11.4 Å². The number of carbonyl (C=O) groups excluding carboxylic acids is 3. The number of rotatable bonds is 4. The minimum atomic E-state index is -1.38. The maximum atomic E-state index is 14.7. The lowest BCUT2D eigenvalue weighted by Crippen LogP contribution is -2.51. The van der Waals surface area contributed by atoms with Crippen LogP contribution in [0.2, 0.25) is 10.0 Å². The number of Topliss-reactive ketones (excluding diaryl/α,β-unsaturated/α-hetero) is 2. The lowest BCUT2D eigenvalue weighted by molar-refractivity contribution is -0.121. The summed E-state index contributed by atoms with van der Waals surface area (Å²) < 4.78 is 0. The number of ketones is 2. The Morgan fingerprint density at radius 3 is 2.30 bits per heavy atom. The summed E-state index contributed by atoms with van der Waals surface area (Å²) in [5.74, 6) is -2.01. The van der Waals surface area contributed by atoms with Crippen molar-refractivity contribution in [2.75, 3.05) is 10.2 Å². The molecule has 4 aromatic rings. The summed E-state index contributed by atoms with van der Waals surface area (Å²) in [4.78, 5) is 45.6. The molecule has 4 aromatic carbocycles. The number of halogens is 2. The van der Waals surface area contributed by atoms with Crippen molar-refractivity contribution < 1.29 is 14.4 Å². The Balaban J connectivity index is 1.55. The second-order valence-electron chi connectivity index (χ2n) is 10.3. The highest BCUT2D eigenvalue weighted by Gasteiger charge is 2.70. The summed E-state index contributed by atoms with van der Waals surface area (Å²) in [6.45, 7) is 0. The number of nitrogens with zero attached hydrogens (tertiary/aromatic N) is 1. The molecule has 7 heteroatoms.